The molecule has 2 atom stereocenters. The van der Waals surface area contributed by atoms with Gasteiger partial charge in [-0.15, -0.1) is 0 Å². The Balaban J connectivity index is 1.50. The number of nitrogens with one attached hydrogen (secondary N) is 1. The van der Waals surface area contributed by atoms with E-state index in [1.54, 1.807) is 30.3 Å². The van der Waals surface area contributed by atoms with Crippen molar-refractivity contribution < 1.29 is 13.2 Å². The summed E-state index contributed by atoms with van der Waals surface area (Å²) in [6.07, 6.45) is 3.75. The van der Waals surface area contributed by atoms with Crippen LogP contribution in [0.3, 0.4) is 0 Å². The van der Waals surface area contributed by atoms with Crippen molar-refractivity contribution in [2.75, 3.05) is 32.7 Å². The number of rotatable bonds is 7. The highest BCUT2D eigenvalue weighted by Crippen LogP contribution is 2.37. The molecule has 7 heteroatoms. The fourth-order valence-electron chi connectivity index (χ4n) is 4.64. The number of carbonyl (C=O) groups excluding carboxylic acids is 1. The topological polar surface area (TPSA) is 69.7 Å². The van der Waals surface area contributed by atoms with E-state index in [9.17, 15) is 13.2 Å². The molecule has 0 aromatic heterocycles. The molecule has 1 N–H and O–H groups in total. The molecule has 2 aliphatic rings. The van der Waals surface area contributed by atoms with E-state index >= 15 is 0 Å². The predicted molar refractivity (Wildman–Crippen MR) is 121 cm³/mol. The van der Waals surface area contributed by atoms with E-state index in [4.69, 9.17) is 0 Å². The lowest BCUT2D eigenvalue weighted by atomic mass is 9.90. The molecule has 0 saturated carbocycles. The molecule has 2 aliphatic heterocycles. The van der Waals surface area contributed by atoms with Gasteiger partial charge < -0.3 is 10.2 Å². The van der Waals surface area contributed by atoms with Gasteiger partial charge >= 0.3 is 0 Å². The van der Waals surface area contributed by atoms with Gasteiger partial charge in [0.05, 0.1) is 16.9 Å². The standard InChI is InChI=1S/C24H31N3O3S/c28-24(25-15-18-26-16-7-8-17-26)21-13-14-23(20-9-3-1-4-10-20)27(19-21)31(29,30)22-11-5-2-6-12-22/h1-6,9-12,21,23H,7-8,13-19H2,(H,25,28). The van der Waals surface area contributed by atoms with E-state index in [2.05, 4.69) is 10.2 Å². The van der Waals surface area contributed by atoms with Crippen LogP contribution in [-0.4, -0.2) is 56.3 Å². The van der Waals surface area contributed by atoms with E-state index in [1.165, 1.54) is 17.1 Å². The molecule has 0 aliphatic carbocycles. The summed E-state index contributed by atoms with van der Waals surface area (Å²) >= 11 is 0. The molecule has 1 amide bonds. The normalized spacial score (nSPS) is 23.0. The fourth-order valence-corrected chi connectivity index (χ4v) is 6.35. The fraction of sp³-hybridized carbons (Fsp3) is 0.458. The highest BCUT2D eigenvalue weighted by molar-refractivity contribution is 7.89. The maximum absolute atomic E-state index is 13.5. The molecule has 0 radical (unpaired) electrons. The van der Waals surface area contributed by atoms with Gasteiger partial charge in [0.15, 0.2) is 0 Å². The van der Waals surface area contributed by atoms with Gasteiger partial charge in [0, 0.05) is 19.6 Å². The first-order valence-corrected chi connectivity index (χ1v) is 12.6. The van der Waals surface area contributed by atoms with E-state index in [-0.39, 0.29) is 29.3 Å². The summed E-state index contributed by atoms with van der Waals surface area (Å²) in [4.78, 5) is 15.5. The van der Waals surface area contributed by atoms with Crippen molar-refractivity contribution in [1.82, 2.24) is 14.5 Å². The summed E-state index contributed by atoms with van der Waals surface area (Å²) in [6, 6.07) is 18.0. The quantitative estimate of drug-likeness (QED) is 0.717. The molecule has 4 rings (SSSR count). The zero-order valence-corrected chi connectivity index (χ0v) is 18.6. The van der Waals surface area contributed by atoms with Crippen LogP contribution in [0.5, 0.6) is 0 Å². The number of amides is 1. The third-order valence-corrected chi connectivity index (χ3v) is 8.26. The highest BCUT2D eigenvalue weighted by atomic mass is 32.2. The van der Waals surface area contributed by atoms with Gasteiger partial charge in [-0.3, -0.25) is 4.79 Å². The van der Waals surface area contributed by atoms with Crippen LogP contribution in [0.4, 0.5) is 0 Å². The number of likely N-dealkylation sites (tertiary alicyclic amines) is 1. The minimum atomic E-state index is -3.71. The SMILES string of the molecule is O=C(NCCN1CCCC1)C1CCC(c2ccccc2)N(S(=O)(=O)c2ccccc2)C1. The number of benzene rings is 2. The zero-order valence-electron chi connectivity index (χ0n) is 17.8. The number of piperidine rings is 1. The molecule has 2 saturated heterocycles. The van der Waals surface area contributed by atoms with Crippen LogP contribution in [0, 0.1) is 5.92 Å². The number of nitrogens with zero attached hydrogens (tertiary/aromatic N) is 2. The third-order valence-electron chi connectivity index (χ3n) is 6.37. The second kappa shape index (κ2) is 9.94. The summed E-state index contributed by atoms with van der Waals surface area (Å²) in [7, 11) is -3.71. The molecule has 2 heterocycles. The molecular weight excluding hydrogens is 410 g/mol. The second-order valence-corrected chi connectivity index (χ2v) is 10.3. The van der Waals surface area contributed by atoms with Gasteiger partial charge in [0.2, 0.25) is 15.9 Å². The average Bonchev–Trinajstić information content (AvgIpc) is 3.33. The number of carbonyl (C=O) groups is 1. The molecule has 31 heavy (non-hydrogen) atoms. The van der Waals surface area contributed by atoms with Crippen molar-refractivity contribution >= 4 is 15.9 Å². The maximum atomic E-state index is 13.5. The largest absolute Gasteiger partial charge is 0.355 e. The van der Waals surface area contributed by atoms with Crippen LogP contribution in [0.15, 0.2) is 65.6 Å². The number of sulfonamides is 1. The van der Waals surface area contributed by atoms with Crippen LogP contribution in [0.1, 0.15) is 37.3 Å². The maximum Gasteiger partial charge on any atom is 0.243 e. The summed E-state index contributed by atoms with van der Waals surface area (Å²) in [6.45, 7) is 3.87. The Bertz CT molecular complexity index is 960. The van der Waals surface area contributed by atoms with Crippen molar-refractivity contribution in [3.05, 3.63) is 66.2 Å². The molecule has 2 unspecified atom stereocenters. The van der Waals surface area contributed by atoms with Gasteiger partial charge in [0.25, 0.3) is 0 Å². The average molecular weight is 442 g/mol. The molecule has 2 aromatic carbocycles. The van der Waals surface area contributed by atoms with Gasteiger partial charge in [-0.05, 0) is 56.5 Å². The third kappa shape index (κ3) is 5.17. The molecule has 166 valence electrons. The van der Waals surface area contributed by atoms with Crippen LogP contribution in [0.25, 0.3) is 0 Å². The van der Waals surface area contributed by atoms with Crippen LogP contribution < -0.4 is 5.32 Å². The van der Waals surface area contributed by atoms with E-state index in [1.807, 2.05) is 30.3 Å². The monoisotopic (exact) mass is 441 g/mol. The van der Waals surface area contributed by atoms with E-state index in [0.29, 0.717) is 19.4 Å². The molecule has 2 fully saturated rings. The summed E-state index contributed by atoms with van der Waals surface area (Å²) in [5, 5.41) is 3.04. The second-order valence-electron chi connectivity index (χ2n) is 8.43. The van der Waals surface area contributed by atoms with Gasteiger partial charge in [-0.2, -0.15) is 4.31 Å². The zero-order chi connectivity index (χ0) is 21.7. The Kier molecular flexibility index (Phi) is 7.05. The highest BCUT2D eigenvalue weighted by Gasteiger charge is 2.39. The van der Waals surface area contributed by atoms with Crippen molar-refractivity contribution in [2.45, 2.75) is 36.6 Å². The summed E-state index contributed by atoms with van der Waals surface area (Å²) < 4.78 is 28.6. The summed E-state index contributed by atoms with van der Waals surface area (Å²) in [5.74, 6) is -0.379. The van der Waals surface area contributed by atoms with Gasteiger partial charge in [0.1, 0.15) is 0 Å². The first kappa shape index (κ1) is 22.0. The Morgan fingerprint density at radius 3 is 2.26 bits per heavy atom. The predicted octanol–water partition coefficient (Wildman–Crippen LogP) is 3.04. The van der Waals surface area contributed by atoms with E-state index in [0.717, 1.165) is 25.2 Å². The Morgan fingerprint density at radius 2 is 1.58 bits per heavy atom. The Morgan fingerprint density at radius 1 is 0.935 bits per heavy atom. The van der Waals surface area contributed by atoms with Gasteiger partial charge in [-0.25, -0.2) is 8.42 Å². The van der Waals surface area contributed by atoms with Crippen molar-refractivity contribution in [1.29, 1.82) is 0 Å². The smallest absolute Gasteiger partial charge is 0.243 e. The summed E-state index contributed by atoms with van der Waals surface area (Å²) in [5.41, 5.74) is 0.967. The Hall–Kier alpha value is -2.22. The first-order chi connectivity index (χ1) is 15.1. The molecule has 0 spiro atoms. The molecular formula is C24H31N3O3S. The van der Waals surface area contributed by atoms with Crippen LogP contribution in [0.2, 0.25) is 0 Å². The minimum Gasteiger partial charge on any atom is -0.355 e. The van der Waals surface area contributed by atoms with Crippen LogP contribution in [-0.2, 0) is 14.8 Å². The lowest BCUT2D eigenvalue weighted by molar-refractivity contribution is -0.126. The minimum absolute atomic E-state index is 0.0426. The first-order valence-electron chi connectivity index (χ1n) is 11.2. The van der Waals surface area contributed by atoms with Crippen molar-refractivity contribution in [3.63, 3.8) is 0 Å². The van der Waals surface area contributed by atoms with Gasteiger partial charge in [-0.1, -0.05) is 48.5 Å². The number of hydrogen-bond donors (Lipinski definition) is 1. The van der Waals surface area contributed by atoms with E-state index < -0.39 is 10.0 Å². The van der Waals surface area contributed by atoms with Crippen molar-refractivity contribution in [3.8, 4) is 0 Å². The van der Waals surface area contributed by atoms with Crippen LogP contribution >= 0.6 is 0 Å². The molecule has 2 aromatic rings. The lowest BCUT2D eigenvalue weighted by Gasteiger charge is -2.38. The van der Waals surface area contributed by atoms with Crippen molar-refractivity contribution in [2.24, 2.45) is 5.92 Å². The lowest BCUT2D eigenvalue weighted by Crippen LogP contribution is -2.47. The molecule has 6 nitrogen and oxygen atoms in total. The number of hydrogen-bond acceptors (Lipinski definition) is 4. The Labute approximate surface area is 185 Å². The molecule has 0 bridgehead atoms.